The van der Waals surface area contributed by atoms with Gasteiger partial charge in [0.05, 0.1) is 5.60 Å². The number of hydrogen-bond donors (Lipinski definition) is 3. The number of benzene rings is 1. The molecule has 5 heteroatoms. The molecule has 4 nitrogen and oxygen atoms in total. The summed E-state index contributed by atoms with van der Waals surface area (Å²) in [5.74, 6) is 0. The molecule has 0 bridgehead atoms. The van der Waals surface area contributed by atoms with E-state index in [1.165, 1.54) is 6.42 Å². The lowest BCUT2D eigenvalue weighted by molar-refractivity contribution is 0.00719. The summed E-state index contributed by atoms with van der Waals surface area (Å²) in [6.45, 7) is 0.735. The molecule has 1 aromatic carbocycles. The summed E-state index contributed by atoms with van der Waals surface area (Å²) in [7, 11) is 0. The Kier molecular flexibility index (Phi) is 5.26. The SMILES string of the molecule is O=C(NCc1cccc(Cl)c1)NCC1(O)CCCCC1. The first-order chi connectivity index (χ1) is 9.57. The molecule has 0 saturated heterocycles. The molecule has 0 spiro atoms. The van der Waals surface area contributed by atoms with Gasteiger partial charge in [-0.2, -0.15) is 0 Å². The third-order valence-electron chi connectivity index (χ3n) is 3.70. The fourth-order valence-corrected chi connectivity index (χ4v) is 2.74. The van der Waals surface area contributed by atoms with Crippen LogP contribution in [0.2, 0.25) is 5.02 Å². The van der Waals surface area contributed by atoms with E-state index >= 15 is 0 Å². The highest BCUT2D eigenvalue weighted by Crippen LogP contribution is 2.27. The number of nitrogens with one attached hydrogen (secondary N) is 2. The van der Waals surface area contributed by atoms with Crippen molar-refractivity contribution in [2.24, 2.45) is 0 Å². The second kappa shape index (κ2) is 6.95. The minimum absolute atomic E-state index is 0.260. The lowest BCUT2D eigenvalue weighted by Gasteiger charge is -2.32. The second-order valence-electron chi connectivity index (χ2n) is 5.45. The van der Waals surface area contributed by atoms with Crippen molar-refractivity contribution >= 4 is 17.6 Å². The first-order valence-electron chi connectivity index (χ1n) is 7.06. The van der Waals surface area contributed by atoms with Crippen LogP contribution in [0.1, 0.15) is 37.7 Å². The van der Waals surface area contributed by atoms with Crippen LogP contribution in [0.15, 0.2) is 24.3 Å². The van der Waals surface area contributed by atoms with Crippen LogP contribution in [0.25, 0.3) is 0 Å². The number of carbonyl (C=O) groups is 1. The molecule has 1 fully saturated rings. The quantitative estimate of drug-likeness (QED) is 0.800. The normalized spacial score (nSPS) is 17.5. The zero-order valence-electron chi connectivity index (χ0n) is 11.5. The fourth-order valence-electron chi connectivity index (χ4n) is 2.52. The summed E-state index contributed by atoms with van der Waals surface area (Å²) in [4.78, 5) is 11.7. The maximum Gasteiger partial charge on any atom is 0.315 e. The molecule has 1 aromatic rings. The van der Waals surface area contributed by atoms with Crippen molar-refractivity contribution in [2.75, 3.05) is 6.54 Å². The Labute approximate surface area is 124 Å². The van der Waals surface area contributed by atoms with Gasteiger partial charge in [-0.25, -0.2) is 4.79 Å². The minimum Gasteiger partial charge on any atom is -0.388 e. The molecule has 1 aliphatic rings. The van der Waals surface area contributed by atoms with E-state index in [0.29, 0.717) is 18.1 Å². The molecule has 0 heterocycles. The van der Waals surface area contributed by atoms with Crippen LogP contribution in [-0.4, -0.2) is 23.3 Å². The lowest BCUT2D eigenvalue weighted by atomic mass is 9.85. The molecule has 3 N–H and O–H groups in total. The lowest BCUT2D eigenvalue weighted by Crippen LogP contribution is -2.47. The Hall–Kier alpha value is -1.26. The van der Waals surface area contributed by atoms with E-state index in [9.17, 15) is 9.90 Å². The van der Waals surface area contributed by atoms with Crippen molar-refractivity contribution in [2.45, 2.75) is 44.2 Å². The Morgan fingerprint density at radius 2 is 2.00 bits per heavy atom. The molecule has 110 valence electrons. The molecule has 1 aliphatic carbocycles. The second-order valence-corrected chi connectivity index (χ2v) is 5.89. The maximum absolute atomic E-state index is 11.7. The molecule has 2 amide bonds. The van der Waals surface area contributed by atoms with Gasteiger partial charge in [0.2, 0.25) is 0 Å². The summed E-state index contributed by atoms with van der Waals surface area (Å²) < 4.78 is 0. The average molecular weight is 297 g/mol. The van der Waals surface area contributed by atoms with Crippen molar-refractivity contribution in [3.05, 3.63) is 34.9 Å². The fraction of sp³-hybridized carbons (Fsp3) is 0.533. The molecular formula is C15H21ClN2O2. The van der Waals surface area contributed by atoms with E-state index in [2.05, 4.69) is 10.6 Å². The van der Waals surface area contributed by atoms with Gasteiger partial charge >= 0.3 is 6.03 Å². The molecule has 2 rings (SSSR count). The highest BCUT2D eigenvalue weighted by Gasteiger charge is 2.29. The summed E-state index contributed by atoms with van der Waals surface area (Å²) in [6.07, 6.45) is 4.76. The molecule has 0 aromatic heterocycles. The van der Waals surface area contributed by atoms with Crippen LogP contribution in [0.4, 0.5) is 4.79 Å². The van der Waals surface area contributed by atoms with Gasteiger partial charge in [-0.05, 0) is 30.5 Å². The van der Waals surface area contributed by atoms with Crippen molar-refractivity contribution in [1.82, 2.24) is 10.6 Å². The Morgan fingerprint density at radius 1 is 1.25 bits per heavy atom. The van der Waals surface area contributed by atoms with Gasteiger partial charge < -0.3 is 15.7 Å². The van der Waals surface area contributed by atoms with Crippen LogP contribution in [0.5, 0.6) is 0 Å². The predicted octanol–water partition coefficient (Wildman–Crippen LogP) is 2.83. The van der Waals surface area contributed by atoms with Gasteiger partial charge in [0.25, 0.3) is 0 Å². The van der Waals surface area contributed by atoms with Gasteiger partial charge in [-0.1, -0.05) is 43.0 Å². The smallest absolute Gasteiger partial charge is 0.315 e. The van der Waals surface area contributed by atoms with Crippen molar-refractivity contribution in [3.8, 4) is 0 Å². The Morgan fingerprint density at radius 3 is 2.70 bits per heavy atom. The van der Waals surface area contributed by atoms with Crippen molar-refractivity contribution in [3.63, 3.8) is 0 Å². The number of carbonyl (C=O) groups excluding carboxylic acids is 1. The van der Waals surface area contributed by atoms with E-state index in [4.69, 9.17) is 11.6 Å². The van der Waals surface area contributed by atoms with E-state index in [-0.39, 0.29) is 6.03 Å². The van der Waals surface area contributed by atoms with Crippen LogP contribution >= 0.6 is 11.6 Å². The van der Waals surface area contributed by atoms with Crippen LogP contribution in [0.3, 0.4) is 0 Å². The summed E-state index contributed by atoms with van der Waals surface area (Å²) >= 11 is 5.88. The van der Waals surface area contributed by atoms with Crippen molar-refractivity contribution in [1.29, 1.82) is 0 Å². The first-order valence-corrected chi connectivity index (χ1v) is 7.44. The highest BCUT2D eigenvalue weighted by molar-refractivity contribution is 6.30. The molecular weight excluding hydrogens is 276 g/mol. The molecule has 0 unspecified atom stereocenters. The van der Waals surface area contributed by atoms with Gasteiger partial charge in [-0.15, -0.1) is 0 Å². The Bertz CT molecular complexity index is 459. The molecule has 0 aliphatic heterocycles. The molecule has 0 atom stereocenters. The average Bonchev–Trinajstić information content (AvgIpc) is 2.44. The zero-order valence-corrected chi connectivity index (χ0v) is 12.2. The maximum atomic E-state index is 11.7. The number of hydrogen-bond acceptors (Lipinski definition) is 2. The predicted molar refractivity (Wildman–Crippen MR) is 79.7 cm³/mol. The monoisotopic (exact) mass is 296 g/mol. The summed E-state index contributed by atoms with van der Waals surface area (Å²) in [6, 6.07) is 7.10. The third-order valence-corrected chi connectivity index (χ3v) is 3.94. The topological polar surface area (TPSA) is 61.4 Å². The van der Waals surface area contributed by atoms with Gasteiger partial charge in [0.1, 0.15) is 0 Å². The molecule has 0 radical (unpaired) electrons. The third kappa shape index (κ3) is 4.69. The summed E-state index contributed by atoms with van der Waals surface area (Å²) in [5.41, 5.74) is 0.218. The van der Waals surface area contributed by atoms with E-state index in [0.717, 1.165) is 31.2 Å². The van der Waals surface area contributed by atoms with Crippen LogP contribution in [-0.2, 0) is 6.54 Å². The number of rotatable bonds is 4. The zero-order chi connectivity index (χ0) is 14.4. The van der Waals surface area contributed by atoms with Gasteiger partial charge in [0.15, 0.2) is 0 Å². The summed E-state index contributed by atoms with van der Waals surface area (Å²) in [5, 5.41) is 16.4. The number of amides is 2. The Balaban J connectivity index is 1.72. The van der Waals surface area contributed by atoms with Crippen LogP contribution < -0.4 is 10.6 Å². The number of urea groups is 1. The molecule has 1 saturated carbocycles. The van der Waals surface area contributed by atoms with E-state index < -0.39 is 5.60 Å². The largest absolute Gasteiger partial charge is 0.388 e. The number of aliphatic hydroxyl groups is 1. The van der Waals surface area contributed by atoms with E-state index in [1.807, 2.05) is 18.2 Å². The first kappa shape index (κ1) is 15.1. The highest BCUT2D eigenvalue weighted by atomic mass is 35.5. The van der Waals surface area contributed by atoms with Gasteiger partial charge in [-0.3, -0.25) is 0 Å². The van der Waals surface area contributed by atoms with Crippen LogP contribution in [0, 0.1) is 0 Å². The standard InChI is InChI=1S/C15H21ClN2O2/c16-13-6-4-5-12(9-13)10-17-14(19)18-11-15(20)7-2-1-3-8-15/h4-6,9,20H,1-3,7-8,10-11H2,(H2,17,18,19). The van der Waals surface area contributed by atoms with Gasteiger partial charge in [0, 0.05) is 18.1 Å². The van der Waals surface area contributed by atoms with Crippen molar-refractivity contribution < 1.29 is 9.90 Å². The minimum atomic E-state index is -0.731. The van der Waals surface area contributed by atoms with E-state index in [1.54, 1.807) is 6.07 Å². The molecule has 20 heavy (non-hydrogen) atoms. The number of halogens is 1.